The fourth-order valence-electron chi connectivity index (χ4n) is 0.372. The van der Waals surface area contributed by atoms with Crippen LogP contribution in [0.2, 0.25) is 0 Å². The molecule has 8 heavy (non-hydrogen) atoms. The molecule has 2 N–H and O–H groups in total. The molecule has 0 saturated carbocycles. The minimum Gasteiger partial charge on any atom is -0.367 e. The lowest BCUT2D eigenvalue weighted by molar-refractivity contribution is -0.123. The summed E-state index contributed by atoms with van der Waals surface area (Å²) in [7, 11) is 0. The highest BCUT2D eigenvalue weighted by Crippen LogP contribution is 2.26. The zero-order chi connectivity index (χ0) is 6.20. The van der Waals surface area contributed by atoms with E-state index < -0.39 is 18.2 Å². The number of hydrogen-bond donors (Lipinski definition) is 1. The molecule has 1 heterocycles. The third-order valence-corrected chi connectivity index (χ3v) is 1.16. The van der Waals surface area contributed by atoms with Gasteiger partial charge in [-0.25, -0.2) is 4.39 Å². The second-order valence-electron chi connectivity index (χ2n) is 1.78. The SMILES string of the molecule is NC(=O)C1(CF)CO1. The molecule has 1 fully saturated rings. The Kier molecular flexibility index (Phi) is 0.973. The number of carbonyl (C=O) groups is 1. The molecule has 46 valence electrons. The van der Waals surface area contributed by atoms with Crippen LogP contribution in [0.1, 0.15) is 0 Å². The molecular weight excluding hydrogens is 113 g/mol. The quantitative estimate of drug-likeness (QED) is 0.484. The highest BCUT2D eigenvalue weighted by atomic mass is 19.1. The Balaban J connectivity index is 2.53. The van der Waals surface area contributed by atoms with Crippen LogP contribution >= 0.6 is 0 Å². The number of alkyl halides is 1. The van der Waals surface area contributed by atoms with Gasteiger partial charge in [-0.05, 0) is 0 Å². The fourth-order valence-corrected chi connectivity index (χ4v) is 0.372. The second-order valence-corrected chi connectivity index (χ2v) is 1.78. The van der Waals surface area contributed by atoms with Crippen molar-refractivity contribution in [1.82, 2.24) is 0 Å². The summed E-state index contributed by atoms with van der Waals surface area (Å²) in [6, 6.07) is 0. The van der Waals surface area contributed by atoms with Gasteiger partial charge in [0.25, 0.3) is 5.91 Å². The molecule has 3 nitrogen and oxygen atoms in total. The number of rotatable bonds is 2. The zero-order valence-electron chi connectivity index (χ0n) is 4.19. The van der Waals surface area contributed by atoms with Gasteiger partial charge in [-0.2, -0.15) is 0 Å². The van der Waals surface area contributed by atoms with Crippen molar-refractivity contribution in [2.75, 3.05) is 13.3 Å². The van der Waals surface area contributed by atoms with Crippen LogP contribution in [0.25, 0.3) is 0 Å². The Hall–Kier alpha value is -0.640. The van der Waals surface area contributed by atoms with E-state index in [1.165, 1.54) is 0 Å². The third-order valence-electron chi connectivity index (χ3n) is 1.16. The summed E-state index contributed by atoms with van der Waals surface area (Å²) in [4.78, 5) is 10.2. The van der Waals surface area contributed by atoms with Gasteiger partial charge >= 0.3 is 0 Å². The maximum Gasteiger partial charge on any atom is 0.254 e. The smallest absolute Gasteiger partial charge is 0.254 e. The Labute approximate surface area is 45.6 Å². The molecule has 0 aliphatic carbocycles. The van der Waals surface area contributed by atoms with E-state index >= 15 is 0 Å². The summed E-state index contributed by atoms with van der Waals surface area (Å²) in [6.45, 7) is -0.666. The van der Waals surface area contributed by atoms with E-state index in [1.54, 1.807) is 0 Å². The molecule has 0 aromatic carbocycles. The molecule has 0 bridgehead atoms. The van der Waals surface area contributed by atoms with Crippen LogP contribution in [0.4, 0.5) is 4.39 Å². The molecule has 4 heteroatoms. The minimum absolute atomic E-state index is 0.138. The number of carbonyl (C=O) groups excluding carboxylic acids is 1. The van der Waals surface area contributed by atoms with E-state index in [2.05, 4.69) is 4.74 Å². The van der Waals surface area contributed by atoms with Crippen molar-refractivity contribution in [3.63, 3.8) is 0 Å². The molecule has 1 saturated heterocycles. The van der Waals surface area contributed by atoms with E-state index in [9.17, 15) is 9.18 Å². The molecule has 1 amide bonds. The van der Waals surface area contributed by atoms with Gasteiger partial charge in [-0.15, -0.1) is 0 Å². The predicted octanol–water partition coefficient (Wildman–Crippen LogP) is -0.790. The first-order chi connectivity index (χ1) is 3.71. The van der Waals surface area contributed by atoms with E-state index in [-0.39, 0.29) is 6.61 Å². The van der Waals surface area contributed by atoms with Crippen LogP contribution in [-0.4, -0.2) is 24.8 Å². The van der Waals surface area contributed by atoms with E-state index in [0.717, 1.165) is 0 Å². The Morgan fingerprint density at radius 1 is 2.00 bits per heavy atom. The highest BCUT2D eigenvalue weighted by molar-refractivity contribution is 5.86. The number of nitrogens with two attached hydrogens (primary N) is 1. The van der Waals surface area contributed by atoms with Gasteiger partial charge in [0.15, 0.2) is 5.60 Å². The van der Waals surface area contributed by atoms with Crippen LogP contribution in [0.3, 0.4) is 0 Å². The van der Waals surface area contributed by atoms with Crippen molar-refractivity contribution in [3.05, 3.63) is 0 Å². The van der Waals surface area contributed by atoms with E-state index in [4.69, 9.17) is 5.73 Å². The Morgan fingerprint density at radius 3 is 2.50 bits per heavy atom. The van der Waals surface area contributed by atoms with Crippen molar-refractivity contribution in [1.29, 1.82) is 0 Å². The summed E-state index contributed by atoms with van der Waals surface area (Å²) in [6.07, 6.45) is 0. The number of hydrogen-bond acceptors (Lipinski definition) is 2. The van der Waals surface area contributed by atoms with E-state index in [0.29, 0.717) is 0 Å². The normalized spacial score (nSPS) is 34.6. The van der Waals surface area contributed by atoms with Crippen LogP contribution in [0, 0.1) is 0 Å². The summed E-state index contributed by atoms with van der Waals surface area (Å²) in [5, 5.41) is 0. The standard InChI is InChI=1S/C4H6FNO2/c5-1-4(2-8-4)3(6)7/h1-2H2,(H2,6,7). The van der Waals surface area contributed by atoms with Crippen LogP contribution < -0.4 is 5.73 Å². The van der Waals surface area contributed by atoms with Gasteiger partial charge in [0.05, 0.1) is 6.61 Å². The van der Waals surface area contributed by atoms with Crippen molar-refractivity contribution in [2.24, 2.45) is 5.73 Å². The summed E-state index contributed by atoms with van der Waals surface area (Å²) in [5.74, 6) is -0.708. The maximum atomic E-state index is 11.7. The van der Waals surface area contributed by atoms with Gasteiger partial charge in [0.2, 0.25) is 0 Å². The largest absolute Gasteiger partial charge is 0.367 e. The van der Waals surface area contributed by atoms with Crippen molar-refractivity contribution >= 4 is 5.91 Å². The topological polar surface area (TPSA) is 55.6 Å². The molecule has 0 aromatic heterocycles. The monoisotopic (exact) mass is 119 g/mol. The van der Waals surface area contributed by atoms with Gasteiger partial charge in [-0.1, -0.05) is 0 Å². The lowest BCUT2D eigenvalue weighted by Crippen LogP contribution is -2.33. The molecule has 1 aliphatic heterocycles. The first-order valence-corrected chi connectivity index (χ1v) is 2.21. The van der Waals surface area contributed by atoms with Crippen molar-refractivity contribution < 1.29 is 13.9 Å². The fraction of sp³-hybridized carbons (Fsp3) is 0.750. The van der Waals surface area contributed by atoms with Gasteiger partial charge in [-0.3, -0.25) is 4.79 Å². The van der Waals surface area contributed by atoms with Gasteiger partial charge in [0, 0.05) is 0 Å². The third kappa shape index (κ3) is 0.571. The number of halogens is 1. The average molecular weight is 119 g/mol. The predicted molar refractivity (Wildman–Crippen MR) is 23.9 cm³/mol. The molecule has 0 aromatic rings. The number of epoxide rings is 1. The highest BCUT2D eigenvalue weighted by Gasteiger charge is 2.51. The maximum absolute atomic E-state index is 11.7. The molecule has 1 atom stereocenters. The second kappa shape index (κ2) is 1.42. The van der Waals surface area contributed by atoms with Gasteiger partial charge in [0.1, 0.15) is 6.67 Å². The lowest BCUT2D eigenvalue weighted by atomic mass is 10.2. The summed E-state index contributed by atoms with van der Waals surface area (Å²) >= 11 is 0. The molecule has 0 spiro atoms. The Morgan fingerprint density at radius 2 is 2.50 bits per heavy atom. The molecule has 0 radical (unpaired) electrons. The number of ether oxygens (including phenoxy) is 1. The van der Waals surface area contributed by atoms with Crippen molar-refractivity contribution in [3.8, 4) is 0 Å². The zero-order valence-corrected chi connectivity index (χ0v) is 4.19. The van der Waals surface area contributed by atoms with Crippen LogP contribution in [-0.2, 0) is 9.53 Å². The summed E-state index contributed by atoms with van der Waals surface area (Å²) < 4.78 is 16.1. The van der Waals surface area contributed by atoms with Crippen molar-refractivity contribution in [2.45, 2.75) is 5.60 Å². The molecule has 1 aliphatic rings. The molecular formula is C4H6FNO2. The van der Waals surface area contributed by atoms with Crippen LogP contribution in [0.15, 0.2) is 0 Å². The van der Waals surface area contributed by atoms with Crippen LogP contribution in [0.5, 0.6) is 0 Å². The Bertz CT molecular complexity index is 121. The first-order valence-electron chi connectivity index (χ1n) is 2.21. The molecule has 1 rings (SSSR count). The first kappa shape index (κ1) is 5.50. The lowest BCUT2D eigenvalue weighted by Gasteiger charge is -1.96. The number of amides is 1. The van der Waals surface area contributed by atoms with E-state index in [1.807, 2.05) is 0 Å². The minimum atomic E-state index is -1.24. The molecule has 1 unspecified atom stereocenters. The van der Waals surface area contributed by atoms with Gasteiger partial charge < -0.3 is 10.5 Å². The summed E-state index contributed by atoms with van der Waals surface area (Å²) in [5.41, 5.74) is 3.50. The average Bonchev–Trinajstić information content (AvgIpc) is 2.44. The number of primary amides is 1.